The van der Waals surface area contributed by atoms with Gasteiger partial charge in [-0.15, -0.1) is 0 Å². The summed E-state index contributed by atoms with van der Waals surface area (Å²) in [6, 6.07) is 1.21. The van der Waals surface area contributed by atoms with Crippen molar-refractivity contribution in [1.82, 2.24) is 24.7 Å². The van der Waals surface area contributed by atoms with Crippen molar-refractivity contribution in [3.8, 4) is 11.4 Å². The lowest BCUT2D eigenvalue weighted by Crippen LogP contribution is -2.28. The van der Waals surface area contributed by atoms with E-state index in [0.29, 0.717) is 19.0 Å². The summed E-state index contributed by atoms with van der Waals surface area (Å²) in [4.78, 5) is 10.3. The number of pyridine rings is 1. The van der Waals surface area contributed by atoms with E-state index in [2.05, 4.69) is 20.1 Å². The lowest BCUT2D eigenvalue weighted by Gasteiger charge is -2.24. The Balaban J connectivity index is 1.98. The van der Waals surface area contributed by atoms with Gasteiger partial charge in [-0.1, -0.05) is 6.42 Å². The quantitative estimate of drug-likeness (QED) is 0.748. The largest absolute Gasteiger partial charge is 0.418 e. The first-order chi connectivity index (χ1) is 12.2. The predicted molar refractivity (Wildman–Crippen MR) is 85.9 cm³/mol. The minimum absolute atomic E-state index is 0.0314. The molecule has 11 heteroatoms. The Bertz CT molecular complexity index is 1100. The van der Waals surface area contributed by atoms with Crippen LogP contribution in [0.4, 0.5) is 13.2 Å². The van der Waals surface area contributed by atoms with Crippen LogP contribution in [-0.2, 0) is 23.1 Å². The van der Waals surface area contributed by atoms with Gasteiger partial charge in [-0.25, -0.2) is 18.4 Å². The number of hydrogen-bond donors (Lipinski definition) is 1. The van der Waals surface area contributed by atoms with Crippen LogP contribution in [0.15, 0.2) is 23.6 Å². The standard InChI is InChI=1S/C15H14F3N5O2S/c1-23-7-20-14(22-23)12-9-5-11(26(24,25)8-3-2-4-8)21-13(9)19-6-10(12)15(16,17)18/h5-8H,2-4H2,1H3,(H,19,21). The topological polar surface area (TPSA) is 93.5 Å². The molecule has 1 fully saturated rings. The van der Waals surface area contributed by atoms with Gasteiger partial charge in [0.05, 0.1) is 10.8 Å². The summed E-state index contributed by atoms with van der Waals surface area (Å²) in [6.45, 7) is 0. The fraction of sp³-hybridized carbons (Fsp3) is 0.400. The van der Waals surface area contributed by atoms with Crippen molar-refractivity contribution in [2.45, 2.75) is 35.7 Å². The number of rotatable bonds is 3. The van der Waals surface area contributed by atoms with Gasteiger partial charge in [-0.3, -0.25) is 4.68 Å². The third kappa shape index (κ3) is 2.57. The van der Waals surface area contributed by atoms with Crippen LogP contribution in [0, 0.1) is 0 Å². The number of aryl methyl sites for hydroxylation is 1. The maximum atomic E-state index is 13.5. The van der Waals surface area contributed by atoms with E-state index in [1.54, 1.807) is 0 Å². The molecule has 138 valence electrons. The zero-order valence-corrected chi connectivity index (χ0v) is 14.4. The molecule has 1 N–H and O–H groups in total. The van der Waals surface area contributed by atoms with Gasteiger partial charge in [0.15, 0.2) is 15.7 Å². The first-order valence-corrected chi connectivity index (χ1v) is 9.41. The van der Waals surface area contributed by atoms with E-state index < -0.39 is 26.8 Å². The van der Waals surface area contributed by atoms with Gasteiger partial charge in [0.1, 0.15) is 17.0 Å². The molecule has 3 heterocycles. The molecule has 0 amide bonds. The van der Waals surface area contributed by atoms with Crippen LogP contribution in [0.3, 0.4) is 0 Å². The normalized spacial score (nSPS) is 16.2. The van der Waals surface area contributed by atoms with Crippen LogP contribution in [0.25, 0.3) is 22.4 Å². The van der Waals surface area contributed by atoms with Crippen molar-refractivity contribution in [3.05, 3.63) is 24.2 Å². The molecule has 0 aliphatic heterocycles. The molecule has 0 unspecified atom stereocenters. The van der Waals surface area contributed by atoms with Crippen molar-refractivity contribution >= 4 is 20.9 Å². The van der Waals surface area contributed by atoms with Gasteiger partial charge in [-0.05, 0) is 18.9 Å². The van der Waals surface area contributed by atoms with Gasteiger partial charge in [-0.2, -0.15) is 18.3 Å². The Labute approximate surface area is 146 Å². The number of fused-ring (bicyclic) bond motifs is 1. The molecular weight excluding hydrogens is 371 g/mol. The third-order valence-corrected chi connectivity index (χ3v) is 6.74. The van der Waals surface area contributed by atoms with Crippen LogP contribution in [-0.4, -0.2) is 38.4 Å². The Morgan fingerprint density at radius 3 is 2.54 bits per heavy atom. The fourth-order valence-electron chi connectivity index (χ4n) is 2.97. The van der Waals surface area contributed by atoms with Crippen LogP contribution >= 0.6 is 0 Å². The van der Waals surface area contributed by atoms with Gasteiger partial charge >= 0.3 is 6.18 Å². The number of hydrogen-bond acceptors (Lipinski definition) is 5. The highest BCUT2D eigenvalue weighted by molar-refractivity contribution is 7.92. The van der Waals surface area contributed by atoms with Gasteiger partial charge in [0, 0.05) is 24.2 Å². The van der Waals surface area contributed by atoms with E-state index >= 15 is 0 Å². The number of H-pyrrole nitrogens is 1. The second-order valence-corrected chi connectivity index (χ2v) is 8.48. The van der Waals surface area contributed by atoms with Crippen LogP contribution in [0.2, 0.25) is 0 Å². The van der Waals surface area contributed by atoms with Gasteiger partial charge < -0.3 is 4.98 Å². The highest BCUT2D eigenvalue weighted by atomic mass is 32.2. The second kappa shape index (κ2) is 5.53. The molecule has 1 saturated carbocycles. The molecule has 3 aromatic heterocycles. The maximum absolute atomic E-state index is 13.5. The summed E-state index contributed by atoms with van der Waals surface area (Å²) in [7, 11) is -2.10. The van der Waals surface area contributed by atoms with E-state index in [4.69, 9.17) is 0 Å². The monoisotopic (exact) mass is 385 g/mol. The van der Waals surface area contributed by atoms with Crippen molar-refractivity contribution in [3.63, 3.8) is 0 Å². The second-order valence-electron chi connectivity index (χ2n) is 6.28. The van der Waals surface area contributed by atoms with Crippen molar-refractivity contribution in [2.24, 2.45) is 7.05 Å². The van der Waals surface area contributed by atoms with E-state index in [1.807, 2.05) is 0 Å². The Hall–Kier alpha value is -2.43. The predicted octanol–water partition coefficient (Wildman–Crippen LogP) is 2.70. The Kier molecular flexibility index (Phi) is 3.62. The van der Waals surface area contributed by atoms with Gasteiger partial charge in [0.25, 0.3) is 0 Å². The minimum atomic E-state index is -4.68. The molecule has 0 saturated heterocycles. The molecule has 3 aromatic rings. The summed E-state index contributed by atoms with van der Waals surface area (Å²) < 4.78 is 66.9. The third-order valence-electron chi connectivity index (χ3n) is 4.56. The number of aromatic amines is 1. The number of aromatic nitrogens is 5. The summed E-state index contributed by atoms with van der Waals surface area (Å²) >= 11 is 0. The van der Waals surface area contributed by atoms with E-state index in [9.17, 15) is 21.6 Å². The smallest absolute Gasteiger partial charge is 0.330 e. The Morgan fingerprint density at radius 1 is 1.27 bits per heavy atom. The summed E-state index contributed by atoms with van der Waals surface area (Å²) in [5, 5.41) is 3.36. The summed E-state index contributed by atoms with van der Waals surface area (Å²) in [5.41, 5.74) is -1.24. The van der Waals surface area contributed by atoms with E-state index in [0.717, 1.165) is 6.42 Å². The van der Waals surface area contributed by atoms with E-state index in [-0.39, 0.29) is 27.4 Å². The number of nitrogens with one attached hydrogen (secondary N) is 1. The molecular formula is C15H14F3N5O2S. The maximum Gasteiger partial charge on any atom is 0.418 e. The van der Waals surface area contributed by atoms with Crippen molar-refractivity contribution in [2.75, 3.05) is 0 Å². The molecule has 26 heavy (non-hydrogen) atoms. The van der Waals surface area contributed by atoms with Crippen LogP contribution < -0.4 is 0 Å². The average Bonchev–Trinajstić information content (AvgIpc) is 3.08. The number of alkyl halides is 3. The van der Waals surface area contributed by atoms with Gasteiger partial charge in [0.2, 0.25) is 0 Å². The number of nitrogens with zero attached hydrogens (tertiary/aromatic N) is 4. The lowest BCUT2D eigenvalue weighted by atomic mass is 10.0. The zero-order chi connectivity index (χ0) is 18.7. The van der Waals surface area contributed by atoms with Crippen molar-refractivity contribution in [1.29, 1.82) is 0 Å². The molecule has 0 aromatic carbocycles. The highest BCUT2D eigenvalue weighted by Gasteiger charge is 2.38. The molecule has 1 aliphatic rings. The molecule has 0 radical (unpaired) electrons. The highest BCUT2D eigenvalue weighted by Crippen LogP contribution is 2.40. The van der Waals surface area contributed by atoms with E-state index in [1.165, 1.54) is 24.1 Å². The fourth-order valence-corrected chi connectivity index (χ4v) is 4.81. The van der Waals surface area contributed by atoms with Crippen LogP contribution in [0.1, 0.15) is 24.8 Å². The Morgan fingerprint density at radius 2 is 2.00 bits per heavy atom. The molecule has 0 spiro atoms. The SMILES string of the molecule is Cn1cnc(-c2c(C(F)(F)F)cnc3[nH]c(S(=O)(=O)C4CCC4)cc23)n1. The number of halogens is 3. The molecule has 0 bridgehead atoms. The average molecular weight is 385 g/mol. The number of sulfone groups is 1. The lowest BCUT2D eigenvalue weighted by molar-refractivity contribution is -0.137. The zero-order valence-electron chi connectivity index (χ0n) is 13.6. The van der Waals surface area contributed by atoms with Crippen molar-refractivity contribution < 1.29 is 21.6 Å². The summed E-state index contributed by atoms with van der Waals surface area (Å²) in [6.07, 6.45) is -0.810. The van der Waals surface area contributed by atoms with Crippen LogP contribution in [0.5, 0.6) is 0 Å². The first kappa shape index (κ1) is 17.0. The summed E-state index contributed by atoms with van der Waals surface area (Å²) in [5.74, 6) is -0.140. The molecule has 1 aliphatic carbocycles. The molecule has 0 atom stereocenters. The molecule has 7 nitrogen and oxygen atoms in total. The first-order valence-electron chi connectivity index (χ1n) is 7.87. The minimum Gasteiger partial charge on any atom is -0.330 e. The molecule has 4 rings (SSSR count).